The van der Waals surface area contributed by atoms with Gasteiger partial charge in [0.05, 0.1) is 17.5 Å². The van der Waals surface area contributed by atoms with E-state index in [9.17, 15) is 4.79 Å². The molecule has 0 aliphatic heterocycles. The number of imidazole rings is 1. The molecule has 1 aromatic heterocycles. The molecular formula is C15H20N2O2. The van der Waals surface area contributed by atoms with E-state index < -0.39 is 5.97 Å². The van der Waals surface area contributed by atoms with E-state index in [0.29, 0.717) is 6.42 Å². The lowest BCUT2D eigenvalue weighted by molar-refractivity contribution is -0.137. The van der Waals surface area contributed by atoms with Gasteiger partial charge in [-0.1, -0.05) is 19.4 Å². The van der Waals surface area contributed by atoms with Crippen LogP contribution in [0.4, 0.5) is 0 Å². The summed E-state index contributed by atoms with van der Waals surface area (Å²) in [5.41, 5.74) is 3.26. The molecule has 2 rings (SSSR count). The van der Waals surface area contributed by atoms with Crippen LogP contribution in [0.15, 0.2) is 18.2 Å². The summed E-state index contributed by atoms with van der Waals surface area (Å²) in [5, 5.41) is 8.82. The van der Waals surface area contributed by atoms with Gasteiger partial charge in [0.25, 0.3) is 0 Å². The average molecular weight is 260 g/mol. The van der Waals surface area contributed by atoms with Crippen LogP contribution < -0.4 is 0 Å². The maximum Gasteiger partial charge on any atom is 0.303 e. The topological polar surface area (TPSA) is 55.1 Å². The number of hydrogen-bond donors (Lipinski definition) is 1. The third-order valence-corrected chi connectivity index (χ3v) is 3.28. The molecule has 0 unspecified atom stereocenters. The molecule has 0 saturated heterocycles. The van der Waals surface area contributed by atoms with Crippen molar-refractivity contribution in [1.29, 1.82) is 0 Å². The van der Waals surface area contributed by atoms with Gasteiger partial charge < -0.3 is 9.67 Å². The normalized spacial score (nSPS) is 11.1. The molecule has 102 valence electrons. The summed E-state index contributed by atoms with van der Waals surface area (Å²) in [6.07, 6.45) is 2.82. The molecule has 1 N–H and O–H groups in total. The van der Waals surface area contributed by atoms with Gasteiger partial charge in [-0.15, -0.1) is 0 Å². The first-order valence-corrected chi connectivity index (χ1v) is 6.79. The number of benzene rings is 1. The number of aromatic nitrogens is 2. The molecule has 0 aliphatic carbocycles. The van der Waals surface area contributed by atoms with Crippen molar-refractivity contribution in [3.05, 3.63) is 29.6 Å². The fourth-order valence-electron chi connectivity index (χ4n) is 2.27. The van der Waals surface area contributed by atoms with E-state index in [0.717, 1.165) is 36.2 Å². The number of unbranched alkanes of at least 4 members (excludes halogenated alkanes) is 1. The van der Waals surface area contributed by atoms with Gasteiger partial charge in [0, 0.05) is 13.0 Å². The summed E-state index contributed by atoms with van der Waals surface area (Å²) in [6, 6.07) is 6.22. The van der Waals surface area contributed by atoms with Crippen molar-refractivity contribution in [3.8, 4) is 0 Å². The zero-order valence-electron chi connectivity index (χ0n) is 11.5. The molecule has 0 radical (unpaired) electrons. The number of hydrogen-bond acceptors (Lipinski definition) is 2. The summed E-state index contributed by atoms with van der Waals surface area (Å²) >= 11 is 0. The maximum absolute atomic E-state index is 10.7. The average Bonchev–Trinajstić information content (AvgIpc) is 2.70. The predicted molar refractivity (Wildman–Crippen MR) is 75.3 cm³/mol. The van der Waals surface area contributed by atoms with Crippen molar-refractivity contribution in [3.63, 3.8) is 0 Å². The van der Waals surface area contributed by atoms with Crippen LogP contribution in [-0.4, -0.2) is 20.6 Å². The molecule has 1 heterocycles. The van der Waals surface area contributed by atoms with Gasteiger partial charge >= 0.3 is 5.97 Å². The molecule has 0 bridgehead atoms. The number of fused-ring (bicyclic) bond motifs is 1. The minimum Gasteiger partial charge on any atom is -0.481 e. The molecule has 1 aromatic carbocycles. The van der Waals surface area contributed by atoms with E-state index in [2.05, 4.69) is 34.7 Å². The number of nitrogens with zero attached hydrogens (tertiary/aromatic N) is 2. The number of carboxylic acid groups (broad SMARTS) is 1. The third-order valence-electron chi connectivity index (χ3n) is 3.28. The van der Waals surface area contributed by atoms with E-state index >= 15 is 0 Å². The van der Waals surface area contributed by atoms with Gasteiger partial charge in [-0.2, -0.15) is 0 Å². The van der Waals surface area contributed by atoms with Crippen LogP contribution in [0, 0.1) is 6.92 Å². The monoisotopic (exact) mass is 260 g/mol. The molecule has 0 saturated carbocycles. The molecular weight excluding hydrogens is 240 g/mol. The van der Waals surface area contributed by atoms with Gasteiger partial charge in [-0.05, 0) is 31.0 Å². The molecule has 0 spiro atoms. The maximum atomic E-state index is 10.7. The summed E-state index contributed by atoms with van der Waals surface area (Å²) in [4.78, 5) is 15.3. The first-order valence-electron chi connectivity index (χ1n) is 6.79. The molecule has 0 fully saturated rings. The standard InChI is InChI=1S/C15H20N2O2/c1-3-4-9-17-13-6-5-11(2)10-12(13)16-14(17)7-8-15(18)19/h5-6,10H,3-4,7-9H2,1-2H3,(H,18,19). The third kappa shape index (κ3) is 3.13. The molecule has 0 amide bonds. The fraction of sp³-hybridized carbons (Fsp3) is 0.467. The van der Waals surface area contributed by atoms with Crippen molar-refractivity contribution in [2.24, 2.45) is 0 Å². The number of carboxylic acids is 1. The van der Waals surface area contributed by atoms with Gasteiger partial charge in [-0.3, -0.25) is 4.79 Å². The predicted octanol–water partition coefficient (Wildman–Crippen LogP) is 3.16. The van der Waals surface area contributed by atoms with Crippen molar-refractivity contribution < 1.29 is 9.90 Å². The molecule has 0 aliphatic rings. The Morgan fingerprint density at radius 3 is 2.89 bits per heavy atom. The van der Waals surface area contributed by atoms with Gasteiger partial charge in [-0.25, -0.2) is 4.98 Å². The Labute approximate surface area is 113 Å². The Morgan fingerprint density at radius 2 is 2.21 bits per heavy atom. The SMILES string of the molecule is CCCCn1c(CCC(=O)O)nc2cc(C)ccc21. The molecule has 19 heavy (non-hydrogen) atoms. The van der Waals surface area contributed by atoms with E-state index in [1.807, 2.05) is 6.92 Å². The number of aryl methyl sites for hydroxylation is 3. The first-order chi connectivity index (χ1) is 9.11. The lowest BCUT2D eigenvalue weighted by Gasteiger charge is -2.07. The largest absolute Gasteiger partial charge is 0.481 e. The van der Waals surface area contributed by atoms with E-state index in [-0.39, 0.29) is 6.42 Å². The van der Waals surface area contributed by atoms with Crippen LogP contribution >= 0.6 is 0 Å². The number of rotatable bonds is 6. The van der Waals surface area contributed by atoms with Gasteiger partial charge in [0.1, 0.15) is 5.82 Å². The second-order valence-electron chi connectivity index (χ2n) is 4.92. The minimum atomic E-state index is -0.773. The smallest absolute Gasteiger partial charge is 0.303 e. The van der Waals surface area contributed by atoms with E-state index in [1.165, 1.54) is 5.56 Å². The van der Waals surface area contributed by atoms with Crippen molar-refractivity contribution >= 4 is 17.0 Å². The molecule has 4 nitrogen and oxygen atoms in total. The summed E-state index contributed by atoms with van der Waals surface area (Å²) in [7, 11) is 0. The lowest BCUT2D eigenvalue weighted by Crippen LogP contribution is -2.06. The highest BCUT2D eigenvalue weighted by molar-refractivity contribution is 5.77. The Morgan fingerprint density at radius 1 is 1.42 bits per heavy atom. The van der Waals surface area contributed by atoms with Crippen molar-refractivity contribution in [2.45, 2.75) is 46.1 Å². The van der Waals surface area contributed by atoms with Crippen LogP contribution in [0.2, 0.25) is 0 Å². The number of aliphatic carboxylic acids is 1. The Bertz CT molecular complexity index is 587. The van der Waals surface area contributed by atoms with E-state index in [4.69, 9.17) is 5.11 Å². The highest BCUT2D eigenvalue weighted by atomic mass is 16.4. The van der Waals surface area contributed by atoms with Crippen LogP contribution in [0.3, 0.4) is 0 Å². The summed E-state index contributed by atoms with van der Waals surface area (Å²) in [5.74, 6) is 0.113. The Hall–Kier alpha value is -1.84. The molecule has 2 aromatic rings. The second-order valence-corrected chi connectivity index (χ2v) is 4.92. The van der Waals surface area contributed by atoms with Crippen LogP contribution in [-0.2, 0) is 17.8 Å². The first kappa shape index (κ1) is 13.6. The second kappa shape index (κ2) is 5.87. The zero-order valence-corrected chi connectivity index (χ0v) is 11.5. The summed E-state index contributed by atoms with van der Waals surface area (Å²) in [6.45, 7) is 5.10. The highest BCUT2D eigenvalue weighted by Crippen LogP contribution is 2.19. The molecule has 4 heteroatoms. The lowest BCUT2D eigenvalue weighted by atomic mass is 10.2. The van der Waals surface area contributed by atoms with Gasteiger partial charge in [0.2, 0.25) is 0 Å². The fourth-order valence-corrected chi connectivity index (χ4v) is 2.27. The Kier molecular flexibility index (Phi) is 4.20. The van der Waals surface area contributed by atoms with Gasteiger partial charge in [0.15, 0.2) is 0 Å². The molecule has 0 atom stereocenters. The minimum absolute atomic E-state index is 0.133. The van der Waals surface area contributed by atoms with Crippen molar-refractivity contribution in [1.82, 2.24) is 9.55 Å². The number of carbonyl (C=O) groups is 1. The van der Waals surface area contributed by atoms with Crippen LogP contribution in [0.5, 0.6) is 0 Å². The highest BCUT2D eigenvalue weighted by Gasteiger charge is 2.11. The zero-order chi connectivity index (χ0) is 13.8. The van der Waals surface area contributed by atoms with E-state index in [1.54, 1.807) is 0 Å². The quantitative estimate of drug-likeness (QED) is 0.868. The Balaban J connectivity index is 2.38. The summed E-state index contributed by atoms with van der Waals surface area (Å²) < 4.78 is 2.17. The van der Waals surface area contributed by atoms with Crippen LogP contribution in [0.25, 0.3) is 11.0 Å². The van der Waals surface area contributed by atoms with Crippen molar-refractivity contribution in [2.75, 3.05) is 0 Å². The van der Waals surface area contributed by atoms with Crippen LogP contribution in [0.1, 0.15) is 37.6 Å².